The number of hydrogen-bond donors (Lipinski definition) is 1. The number of para-hydroxylation sites is 1. The molecule has 0 bridgehead atoms. The highest BCUT2D eigenvalue weighted by Crippen LogP contribution is 2.23. The Bertz CT molecular complexity index is 552. The number of rotatable bonds is 2. The predicted molar refractivity (Wildman–Crippen MR) is 73.5 cm³/mol. The molecule has 2 unspecified atom stereocenters. The Kier molecular flexibility index (Phi) is 2.88. The highest BCUT2D eigenvalue weighted by molar-refractivity contribution is 5.78. The molecule has 1 aliphatic rings. The van der Waals surface area contributed by atoms with E-state index in [-0.39, 0.29) is 6.04 Å². The second-order valence-corrected chi connectivity index (χ2v) is 5.08. The van der Waals surface area contributed by atoms with Crippen LogP contribution >= 0.6 is 0 Å². The van der Waals surface area contributed by atoms with E-state index >= 15 is 0 Å². The maximum atomic E-state index is 5.96. The van der Waals surface area contributed by atoms with Gasteiger partial charge in [-0.3, -0.25) is 0 Å². The van der Waals surface area contributed by atoms with Gasteiger partial charge in [0.1, 0.15) is 0 Å². The minimum Gasteiger partial charge on any atom is -0.340 e. The SMILES string of the molecule is CC(N)C1CCN(c2ncc3ccccc3n2)C1. The lowest BCUT2D eigenvalue weighted by Crippen LogP contribution is -2.30. The van der Waals surface area contributed by atoms with E-state index in [1.165, 1.54) is 0 Å². The van der Waals surface area contributed by atoms with Crippen LogP contribution in [0, 0.1) is 5.92 Å². The fraction of sp³-hybridized carbons (Fsp3) is 0.429. The van der Waals surface area contributed by atoms with E-state index in [2.05, 4.69) is 21.8 Å². The van der Waals surface area contributed by atoms with Gasteiger partial charge in [0.05, 0.1) is 5.52 Å². The van der Waals surface area contributed by atoms with E-state index in [0.29, 0.717) is 5.92 Å². The molecular formula is C14H18N4. The molecule has 1 aromatic carbocycles. The zero-order chi connectivity index (χ0) is 12.5. The van der Waals surface area contributed by atoms with E-state index in [1.807, 2.05) is 30.5 Å². The number of anilines is 1. The molecule has 2 atom stereocenters. The van der Waals surface area contributed by atoms with Gasteiger partial charge in [0.25, 0.3) is 0 Å². The Morgan fingerprint density at radius 2 is 2.22 bits per heavy atom. The number of nitrogens with two attached hydrogens (primary N) is 1. The number of benzene rings is 1. The number of hydrogen-bond acceptors (Lipinski definition) is 4. The van der Waals surface area contributed by atoms with Crippen molar-refractivity contribution in [3.8, 4) is 0 Å². The molecule has 0 aliphatic carbocycles. The molecule has 0 amide bonds. The second-order valence-electron chi connectivity index (χ2n) is 5.08. The van der Waals surface area contributed by atoms with Crippen LogP contribution in [-0.4, -0.2) is 29.1 Å². The summed E-state index contributed by atoms with van der Waals surface area (Å²) in [5, 5.41) is 1.09. The monoisotopic (exact) mass is 242 g/mol. The molecule has 4 heteroatoms. The van der Waals surface area contributed by atoms with Crippen molar-refractivity contribution in [1.82, 2.24) is 9.97 Å². The predicted octanol–water partition coefficient (Wildman–Crippen LogP) is 1.80. The highest BCUT2D eigenvalue weighted by Gasteiger charge is 2.26. The number of nitrogens with zero attached hydrogens (tertiary/aromatic N) is 3. The smallest absolute Gasteiger partial charge is 0.225 e. The third-order valence-corrected chi connectivity index (χ3v) is 3.73. The van der Waals surface area contributed by atoms with Crippen molar-refractivity contribution < 1.29 is 0 Å². The van der Waals surface area contributed by atoms with Gasteiger partial charge in [-0.25, -0.2) is 9.97 Å². The number of aromatic nitrogens is 2. The Morgan fingerprint density at radius 1 is 1.39 bits per heavy atom. The van der Waals surface area contributed by atoms with Crippen molar-refractivity contribution in [2.24, 2.45) is 11.7 Å². The minimum absolute atomic E-state index is 0.246. The third-order valence-electron chi connectivity index (χ3n) is 3.73. The summed E-state index contributed by atoms with van der Waals surface area (Å²) in [6.45, 7) is 4.05. The molecule has 0 spiro atoms. The van der Waals surface area contributed by atoms with E-state index in [4.69, 9.17) is 5.73 Å². The number of fused-ring (bicyclic) bond motifs is 1. The molecule has 94 valence electrons. The van der Waals surface area contributed by atoms with Crippen molar-refractivity contribution in [3.63, 3.8) is 0 Å². The average molecular weight is 242 g/mol. The van der Waals surface area contributed by atoms with Crippen molar-refractivity contribution in [3.05, 3.63) is 30.5 Å². The largest absolute Gasteiger partial charge is 0.340 e. The summed E-state index contributed by atoms with van der Waals surface area (Å²) in [7, 11) is 0. The van der Waals surface area contributed by atoms with Crippen molar-refractivity contribution in [2.45, 2.75) is 19.4 Å². The van der Waals surface area contributed by atoms with Crippen LogP contribution in [0.1, 0.15) is 13.3 Å². The van der Waals surface area contributed by atoms with Gasteiger partial charge >= 0.3 is 0 Å². The summed E-state index contributed by atoms with van der Waals surface area (Å²) in [5.74, 6) is 1.39. The summed E-state index contributed by atoms with van der Waals surface area (Å²) < 4.78 is 0. The first-order chi connectivity index (χ1) is 8.74. The molecule has 1 aliphatic heterocycles. The van der Waals surface area contributed by atoms with Crippen LogP contribution in [0.25, 0.3) is 10.9 Å². The van der Waals surface area contributed by atoms with Gasteiger partial charge in [0.15, 0.2) is 0 Å². The summed E-state index contributed by atoms with van der Waals surface area (Å²) in [6.07, 6.45) is 3.03. The second kappa shape index (κ2) is 4.53. The van der Waals surface area contributed by atoms with Gasteiger partial charge in [0.2, 0.25) is 5.95 Å². The summed E-state index contributed by atoms with van der Waals surface area (Å²) in [6, 6.07) is 8.32. The van der Waals surface area contributed by atoms with Crippen molar-refractivity contribution in [1.29, 1.82) is 0 Å². The Labute approximate surface area is 107 Å². The lowest BCUT2D eigenvalue weighted by atomic mass is 10.0. The van der Waals surface area contributed by atoms with Crippen LogP contribution in [0.3, 0.4) is 0 Å². The Hall–Kier alpha value is -1.68. The molecule has 1 saturated heterocycles. The molecule has 2 aromatic rings. The van der Waals surface area contributed by atoms with Crippen LogP contribution in [0.2, 0.25) is 0 Å². The zero-order valence-electron chi connectivity index (χ0n) is 10.6. The van der Waals surface area contributed by atoms with Gasteiger partial charge in [-0.15, -0.1) is 0 Å². The fourth-order valence-electron chi connectivity index (χ4n) is 2.51. The van der Waals surface area contributed by atoms with Crippen LogP contribution in [0.5, 0.6) is 0 Å². The molecule has 18 heavy (non-hydrogen) atoms. The van der Waals surface area contributed by atoms with Gasteiger partial charge in [-0.2, -0.15) is 0 Å². The van der Waals surface area contributed by atoms with Gasteiger partial charge in [-0.1, -0.05) is 18.2 Å². The first-order valence-corrected chi connectivity index (χ1v) is 6.46. The molecular weight excluding hydrogens is 224 g/mol. The quantitative estimate of drug-likeness (QED) is 0.872. The molecule has 0 saturated carbocycles. The Balaban J connectivity index is 1.87. The molecule has 2 N–H and O–H groups in total. The first kappa shape index (κ1) is 11.4. The van der Waals surface area contributed by atoms with E-state index < -0.39 is 0 Å². The maximum absolute atomic E-state index is 5.96. The molecule has 1 aromatic heterocycles. The third kappa shape index (κ3) is 2.04. The summed E-state index contributed by atoms with van der Waals surface area (Å²) >= 11 is 0. The van der Waals surface area contributed by atoms with Gasteiger partial charge < -0.3 is 10.6 Å². The standard InChI is InChI=1S/C14H18N4/c1-10(15)12-6-7-18(9-12)14-16-8-11-4-2-3-5-13(11)17-14/h2-5,8,10,12H,6-7,9,15H2,1H3. The summed E-state index contributed by atoms with van der Waals surface area (Å²) in [4.78, 5) is 11.3. The van der Waals surface area contributed by atoms with Crippen molar-refractivity contribution >= 4 is 16.9 Å². The van der Waals surface area contributed by atoms with Crippen LogP contribution < -0.4 is 10.6 Å². The summed E-state index contributed by atoms with van der Waals surface area (Å²) in [5.41, 5.74) is 6.97. The Morgan fingerprint density at radius 3 is 3.00 bits per heavy atom. The van der Waals surface area contributed by atoms with Crippen LogP contribution in [-0.2, 0) is 0 Å². The topological polar surface area (TPSA) is 55.0 Å². The minimum atomic E-state index is 0.246. The fourth-order valence-corrected chi connectivity index (χ4v) is 2.51. The normalized spacial score (nSPS) is 21.4. The van der Waals surface area contributed by atoms with E-state index in [9.17, 15) is 0 Å². The first-order valence-electron chi connectivity index (χ1n) is 6.46. The zero-order valence-corrected chi connectivity index (χ0v) is 10.6. The lowest BCUT2D eigenvalue weighted by molar-refractivity contribution is 0.487. The van der Waals surface area contributed by atoms with E-state index in [1.54, 1.807) is 0 Å². The van der Waals surface area contributed by atoms with Crippen molar-refractivity contribution in [2.75, 3.05) is 18.0 Å². The van der Waals surface area contributed by atoms with Crippen LogP contribution in [0.15, 0.2) is 30.5 Å². The van der Waals surface area contributed by atoms with E-state index in [0.717, 1.165) is 36.4 Å². The lowest BCUT2D eigenvalue weighted by Gasteiger charge is -2.18. The van der Waals surface area contributed by atoms with Gasteiger partial charge in [0, 0.05) is 30.7 Å². The molecule has 3 rings (SSSR count). The highest BCUT2D eigenvalue weighted by atomic mass is 15.3. The van der Waals surface area contributed by atoms with Crippen LogP contribution in [0.4, 0.5) is 5.95 Å². The molecule has 0 radical (unpaired) electrons. The maximum Gasteiger partial charge on any atom is 0.225 e. The average Bonchev–Trinajstić information content (AvgIpc) is 2.88. The molecule has 4 nitrogen and oxygen atoms in total. The van der Waals surface area contributed by atoms with Gasteiger partial charge in [-0.05, 0) is 25.3 Å². The molecule has 2 heterocycles. The molecule has 1 fully saturated rings.